The third kappa shape index (κ3) is 3.48. The van der Waals surface area contributed by atoms with Gasteiger partial charge in [-0.15, -0.1) is 0 Å². The minimum Gasteiger partial charge on any atom is -0.383 e. The zero-order valence-corrected chi connectivity index (χ0v) is 13.2. The molecule has 2 heterocycles. The molecule has 2 N–H and O–H groups in total. The predicted octanol–water partition coefficient (Wildman–Crippen LogP) is 2.91. The number of pyridine rings is 1. The van der Waals surface area contributed by atoms with Gasteiger partial charge >= 0.3 is 0 Å². The van der Waals surface area contributed by atoms with Crippen LogP contribution in [0.1, 0.15) is 43.6 Å². The second-order valence-corrected chi connectivity index (χ2v) is 5.44. The van der Waals surface area contributed by atoms with E-state index >= 15 is 0 Å². The van der Waals surface area contributed by atoms with Crippen LogP contribution in [0.2, 0.25) is 0 Å². The lowest BCUT2D eigenvalue weighted by molar-refractivity contribution is 0.759. The Bertz CT molecular complexity index is 609. The fourth-order valence-corrected chi connectivity index (χ4v) is 2.42. The highest BCUT2D eigenvalue weighted by molar-refractivity contribution is 5.58. The van der Waals surface area contributed by atoms with E-state index in [1.807, 2.05) is 25.1 Å². The van der Waals surface area contributed by atoms with Gasteiger partial charge in [-0.25, -0.2) is 9.97 Å². The third-order valence-electron chi connectivity index (χ3n) is 3.45. The zero-order chi connectivity index (χ0) is 15.4. The van der Waals surface area contributed by atoms with Gasteiger partial charge < -0.3 is 10.6 Å². The summed E-state index contributed by atoms with van der Waals surface area (Å²) in [7, 11) is 0. The van der Waals surface area contributed by atoms with Gasteiger partial charge in [0.05, 0.1) is 12.2 Å². The Morgan fingerprint density at radius 2 is 2.00 bits per heavy atom. The van der Waals surface area contributed by atoms with Gasteiger partial charge in [0.25, 0.3) is 0 Å². The van der Waals surface area contributed by atoms with Gasteiger partial charge in [0.1, 0.15) is 18.0 Å². The van der Waals surface area contributed by atoms with Crippen LogP contribution < -0.4 is 10.6 Å². The number of nitrogen functional groups attached to an aromatic ring is 1. The van der Waals surface area contributed by atoms with Crippen molar-refractivity contribution in [2.24, 2.45) is 0 Å². The quantitative estimate of drug-likeness (QED) is 0.914. The molecule has 0 aliphatic carbocycles. The molecule has 0 unspecified atom stereocenters. The molecule has 0 radical (unpaired) electrons. The van der Waals surface area contributed by atoms with E-state index in [-0.39, 0.29) is 5.92 Å². The van der Waals surface area contributed by atoms with Crippen molar-refractivity contribution in [3.8, 4) is 0 Å². The number of anilines is 2. The average Bonchev–Trinajstić information content (AvgIpc) is 2.44. The Balaban J connectivity index is 2.36. The summed E-state index contributed by atoms with van der Waals surface area (Å²) in [5.41, 5.74) is 9.10. The molecule has 2 aromatic rings. The molecule has 0 spiro atoms. The molecule has 0 saturated heterocycles. The van der Waals surface area contributed by atoms with Gasteiger partial charge in [0, 0.05) is 17.8 Å². The van der Waals surface area contributed by atoms with Crippen LogP contribution in [0.5, 0.6) is 0 Å². The lowest BCUT2D eigenvalue weighted by Crippen LogP contribution is -2.26. The first-order valence-corrected chi connectivity index (χ1v) is 7.30. The largest absolute Gasteiger partial charge is 0.383 e. The van der Waals surface area contributed by atoms with Crippen molar-refractivity contribution in [2.75, 3.05) is 17.2 Å². The third-order valence-corrected chi connectivity index (χ3v) is 3.45. The molecule has 5 nitrogen and oxygen atoms in total. The minimum atomic E-state index is 0.278. The number of nitrogens with two attached hydrogens (primary N) is 1. The molecular formula is C16H23N5. The minimum absolute atomic E-state index is 0.278. The maximum absolute atomic E-state index is 6.04. The van der Waals surface area contributed by atoms with Crippen molar-refractivity contribution in [3.05, 3.63) is 41.5 Å². The summed E-state index contributed by atoms with van der Waals surface area (Å²) in [6, 6.07) is 6.07. The van der Waals surface area contributed by atoms with Gasteiger partial charge in [0.2, 0.25) is 0 Å². The fraction of sp³-hybridized carbons (Fsp3) is 0.438. The molecular weight excluding hydrogens is 262 g/mol. The van der Waals surface area contributed by atoms with E-state index in [1.54, 1.807) is 0 Å². The second-order valence-electron chi connectivity index (χ2n) is 5.44. The van der Waals surface area contributed by atoms with E-state index in [0.29, 0.717) is 12.4 Å². The predicted molar refractivity (Wildman–Crippen MR) is 86.2 cm³/mol. The van der Waals surface area contributed by atoms with E-state index in [1.165, 1.54) is 6.33 Å². The fourth-order valence-electron chi connectivity index (χ4n) is 2.42. The molecule has 0 atom stereocenters. The number of aryl methyl sites for hydroxylation is 1. The Hall–Kier alpha value is -2.17. The van der Waals surface area contributed by atoms with Gasteiger partial charge in [-0.2, -0.15) is 0 Å². The summed E-state index contributed by atoms with van der Waals surface area (Å²) in [4.78, 5) is 15.3. The highest BCUT2D eigenvalue weighted by Crippen LogP contribution is 2.29. The lowest BCUT2D eigenvalue weighted by atomic mass is 10.0. The Morgan fingerprint density at radius 1 is 1.24 bits per heavy atom. The first-order valence-electron chi connectivity index (χ1n) is 7.30. The highest BCUT2D eigenvalue weighted by Gasteiger charge is 2.18. The Labute approximate surface area is 126 Å². The Morgan fingerprint density at radius 3 is 2.62 bits per heavy atom. The molecule has 0 aromatic carbocycles. The first kappa shape index (κ1) is 15.2. The van der Waals surface area contributed by atoms with Crippen LogP contribution >= 0.6 is 0 Å². The number of nitrogens with zero attached hydrogens (tertiary/aromatic N) is 4. The normalized spacial score (nSPS) is 10.9. The number of aromatic nitrogens is 3. The smallest absolute Gasteiger partial charge is 0.137 e. The summed E-state index contributed by atoms with van der Waals surface area (Å²) in [6.07, 6.45) is 1.53. The summed E-state index contributed by atoms with van der Waals surface area (Å²) in [6.45, 7) is 9.88. The van der Waals surface area contributed by atoms with Crippen molar-refractivity contribution in [2.45, 2.75) is 40.2 Å². The molecule has 112 valence electrons. The van der Waals surface area contributed by atoms with Crippen LogP contribution in [0.4, 0.5) is 11.6 Å². The molecule has 5 heteroatoms. The topological polar surface area (TPSA) is 67.9 Å². The van der Waals surface area contributed by atoms with Gasteiger partial charge in [-0.3, -0.25) is 4.98 Å². The second kappa shape index (κ2) is 6.52. The van der Waals surface area contributed by atoms with Crippen LogP contribution in [-0.2, 0) is 6.54 Å². The molecule has 0 aliphatic rings. The van der Waals surface area contributed by atoms with Gasteiger partial charge in [0.15, 0.2) is 0 Å². The van der Waals surface area contributed by atoms with Crippen molar-refractivity contribution in [1.29, 1.82) is 0 Å². The van der Waals surface area contributed by atoms with E-state index in [0.717, 1.165) is 29.3 Å². The first-order chi connectivity index (χ1) is 10.0. The number of rotatable bonds is 5. The average molecular weight is 285 g/mol. The standard InChI is InChI=1S/C16H23N5/c1-5-21(9-13-8-6-7-12(4)20-13)16-14(11(2)3)15(17)18-10-19-16/h6-8,10-11H,5,9H2,1-4H3,(H2,17,18,19). The van der Waals surface area contributed by atoms with E-state index in [4.69, 9.17) is 5.73 Å². The van der Waals surface area contributed by atoms with Crippen molar-refractivity contribution >= 4 is 11.6 Å². The maximum atomic E-state index is 6.04. The summed E-state index contributed by atoms with van der Waals surface area (Å²) < 4.78 is 0. The molecule has 21 heavy (non-hydrogen) atoms. The molecule has 0 saturated carbocycles. The summed E-state index contributed by atoms with van der Waals surface area (Å²) >= 11 is 0. The molecule has 0 bridgehead atoms. The van der Waals surface area contributed by atoms with Crippen molar-refractivity contribution in [3.63, 3.8) is 0 Å². The van der Waals surface area contributed by atoms with E-state index in [9.17, 15) is 0 Å². The Kier molecular flexibility index (Phi) is 4.73. The van der Waals surface area contributed by atoms with Crippen LogP contribution in [-0.4, -0.2) is 21.5 Å². The lowest BCUT2D eigenvalue weighted by Gasteiger charge is -2.25. The number of hydrogen-bond acceptors (Lipinski definition) is 5. The molecule has 0 fully saturated rings. The summed E-state index contributed by atoms with van der Waals surface area (Å²) in [5.74, 6) is 1.75. The van der Waals surface area contributed by atoms with Crippen LogP contribution in [0, 0.1) is 6.92 Å². The van der Waals surface area contributed by atoms with E-state index in [2.05, 4.69) is 40.6 Å². The van der Waals surface area contributed by atoms with E-state index < -0.39 is 0 Å². The van der Waals surface area contributed by atoms with Gasteiger partial charge in [-0.05, 0) is 31.9 Å². The molecule has 0 aliphatic heterocycles. The SMILES string of the molecule is CCN(Cc1cccc(C)n1)c1ncnc(N)c1C(C)C. The van der Waals surface area contributed by atoms with Crippen molar-refractivity contribution < 1.29 is 0 Å². The number of hydrogen-bond donors (Lipinski definition) is 1. The zero-order valence-electron chi connectivity index (χ0n) is 13.2. The van der Waals surface area contributed by atoms with Crippen LogP contribution in [0.3, 0.4) is 0 Å². The van der Waals surface area contributed by atoms with Crippen LogP contribution in [0.25, 0.3) is 0 Å². The monoisotopic (exact) mass is 285 g/mol. The van der Waals surface area contributed by atoms with Crippen LogP contribution in [0.15, 0.2) is 24.5 Å². The van der Waals surface area contributed by atoms with Crippen molar-refractivity contribution in [1.82, 2.24) is 15.0 Å². The summed E-state index contributed by atoms with van der Waals surface area (Å²) in [5, 5.41) is 0. The molecule has 2 aromatic heterocycles. The molecule has 0 amide bonds. The molecule has 2 rings (SSSR count). The van der Waals surface area contributed by atoms with Gasteiger partial charge in [-0.1, -0.05) is 19.9 Å². The highest BCUT2D eigenvalue weighted by atomic mass is 15.2. The maximum Gasteiger partial charge on any atom is 0.137 e.